The maximum absolute atomic E-state index is 12.4. The number of benzene rings is 1. The van der Waals surface area contributed by atoms with Gasteiger partial charge < -0.3 is 19.3 Å². The van der Waals surface area contributed by atoms with E-state index in [1.54, 1.807) is 25.3 Å². The average Bonchev–Trinajstić information content (AvgIpc) is 3.25. The predicted octanol–water partition coefficient (Wildman–Crippen LogP) is 3.72. The van der Waals surface area contributed by atoms with Crippen LogP contribution in [-0.2, 0) is 17.8 Å². The van der Waals surface area contributed by atoms with Crippen LogP contribution in [0.2, 0.25) is 0 Å². The number of hydrogen-bond acceptors (Lipinski definition) is 7. The number of amides is 1. The molecule has 11 heteroatoms. The summed E-state index contributed by atoms with van der Waals surface area (Å²) < 4.78 is 52.1. The summed E-state index contributed by atoms with van der Waals surface area (Å²) in [6, 6.07) is 10.3. The van der Waals surface area contributed by atoms with Crippen molar-refractivity contribution in [3.05, 3.63) is 54.0 Å². The van der Waals surface area contributed by atoms with E-state index in [2.05, 4.69) is 20.4 Å². The molecule has 0 fully saturated rings. The van der Waals surface area contributed by atoms with Crippen molar-refractivity contribution in [2.24, 2.45) is 0 Å². The summed E-state index contributed by atoms with van der Waals surface area (Å²) in [5, 5.41) is 6.58. The third kappa shape index (κ3) is 6.96. The zero-order chi connectivity index (χ0) is 23.0. The molecule has 0 spiro atoms. The van der Waals surface area contributed by atoms with Crippen LogP contribution in [-0.4, -0.2) is 40.9 Å². The maximum atomic E-state index is 12.4. The fourth-order valence-corrected chi connectivity index (χ4v) is 2.73. The topological polar surface area (TPSA) is 99.4 Å². The van der Waals surface area contributed by atoms with Gasteiger partial charge in [-0.2, -0.15) is 18.2 Å². The number of aryl methyl sites for hydroxylation is 1. The lowest BCUT2D eigenvalue weighted by Crippen LogP contribution is -2.24. The van der Waals surface area contributed by atoms with Crippen LogP contribution in [0.3, 0.4) is 0 Å². The van der Waals surface area contributed by atoms with E-state index in [1.807, 2.05) is 12.1 Å². The minimum absolute atomic E-state index is 0.00202. The van der Waals surface area contributed by atoms with E-state index >= 15 is 0 Å². The fraction of sp³-hybridized carbons (Fsp3) is 0.333. The van der Waals surface area contributed by atoms with Crippen molar-refractivity contribution in [3.63, 3.8) is 0 Å². The number of methoxy groups -OCH3 is 1. The van der Waals surface area contributed by atoms with Crippen LogP contribution in [0.5, 0.6) is 11.6 Å². The standard InChI is InChI=1S/C21H21F3N4O4/c1-30-16-9-7-14(8-10-16)19-27-18(32-28-19)6-2-5-17(29)26-12-15-4-3-11-25-20(15)31-13-21(22,23)24/h3-4,7-11H,2,5-6,12-13H2,1H3,(H,26,29). The number of alkyl halides is 3. The maximum Gasteiger partial charge on any atom is 0.422 e. The van der Waals surface area contributed by atoms with Crippen LogP contribution >= 0.6 is 0 Å². The molecule has 0 saturated carbocycles. The van der Waals surface area contributed by atoms with Gasteiger partial charge in [-0.25, -0.2) is 4.98 Å². The summed E-state index contributed by atoms with van der Waals surface area (Å²) in [6.45, 7) is -1.45. The summed E-state index contributed by atoms with van der Waals surface area (Å²) in [5.74, 6) is 1.12. The second-order valence-electron chi connectivity index (χ2n) is 6.74. The first-order valence-corrected chi connectivity index (χ1v) is 9.71. The molecule has 170 valence electrons. The zero-order valence-electron chi connectivity index (χ0n) is 17.2. The molecule has 2 heterocycles. The molecule has 3 rings (SSSR count). The molecule has 1 N–H and O–H groups in total. The van der Waals surface area contributed by atoms with E-state index in [-0.39, 0.29) is 24.8 Å². The van der Waals surface area contributed by atoms with Gasteiger partial charge in [0.2, 0.25) is 23.5 Å². The molecular formula is C21H21F3N4O4. The molecule has 1 aromatic carbocycles. The second kappa shape index (κ2) is 10.6. The Labute approximate surface area is 181 Å². The minimum Gasteiger partial charge on any atom is -0.497 e. The lowest BCUT2D eigenvalue weighted by Gasteiger charge is -2.12. The number of nitrogens with zero attached hydrogens (tertiary/aromatic N) is 3. The van der Waals surface area contributed by atoms with E-state index in [4.69, 9.17) is 14.0 Å². The van der Waals surface area contributed by atoms with Gasteiger partial charge >= 0.3 is 6.18 Å². The van der Waals surface area contributed by atoms with Crippen molar-refractivity contribution in [3.8, 4) is 23.0 Å². The van der Waals surface area contributed by atoms with Gasteiger partial charge in [0.1, 0.15) is 5.75 Å². The Hall–Kier alpha value is -3.63. The highest BCUT2D eigenvalue weighted by molar-refractivity contribution is 5.75. The third-order valence-electron chi connectivity index (χ3n) is 4.31. The summed E-state index contributed by atoms with van der Waals surface area (Å²) in [7, 11) is 1.58. The van der Waals surface area contributed by atoms with E-state index in [1.165, 1.54) is 12.3 Å². The Morgan fingerprint density at radius 3 is 2.69 bits per heavy atom. The Bertz CT molecular complexity index is 1020. The van der Waals surface area contributed by atoms with Crippen LogP contribution in [0.4, 0.5) is 13.2 Å². The highest BCUT2D eigenvalue weighted by atomic mass is 19.4. The molecule has 3 aromatic rings. The molecular weight excluding hydrogens is 429 g/mol. The number of rotatable bonds is 10. The van der Waals surface area contributed by atoms with E-state index in [9.17, 15) is 18.0 Å². The van der Waals surface area contributed by atoms with Crippen molar-refractivity contribution >= 4 is 5.91 Å². The first-order valence-electron chi connectivity index (χ1n) is 9.71. The number of hydrogen-bond donors (Lipinski definition) is 1. The fourth-order valence-electron chi connectivity index (χ4n) is 2.73. The number of carbonyl (C=O) groups is 1. The summed E-state index contributed by atoms with van der Waals surface area (Å²) in [4.78, 5) is 20.2. The zero-order valence-corrected chi connectivity index (χ0v) is 17.2. The minimum atomic E-state index is -4.47. The second-order valence-corrected chi connectivity index (χ2v) is 6.74. The number of aromatic nitrogens is 3. The van der Waals surface area contributed by atoms with Crippen molar-refractivity contribution < 1.29 is 32.0 Å². The molecule has 0 aliphatic rings. The van der Waals surface area contributed by atoms with Crippen LogP contribution in [0.25, 0.3) is 11.4 Å². The number of nitrogens with one attached hydrogen (secondary N) is 1. The smallest absolute Gasteiger partial charge is 0.422 e. The van der Waals surface area contributed by atoms with Crippen LogP contribution < -0.4 is 14.8 Å². The van der Waals surface area contributed by atoms with Gasteiger partial charge in [0, 0.05) is 36.7 Å². The SMILES string of the molecule is COc1ccc(-c2noc(CCCC(=O)NCc3cccnc3OCC(F)(F)F)n2)cc1. The van der Waals surface area contributed by atoms with E-state index in [0.29, 0.717) is 35.9 Å². The summed E-state index contributed by atoms with van der Waals surface area (Å²) in [6.07, 6.45) is -2.11. The Balaban J connectivity index is 1.44. The molecule has 0 bridgehead atoms. The Morgan fingerprint density at radius 1 is 1.19 bits per heavy atom. The van der Waals surface area contributed by atoms with Crippen LogP contribution in [0.1, 0.15) is 24.3 Å². The molecule has 2 aromatic heterocycles. The van der Waals surface area contributed by atoms with Gasteiger partial charge in [-0.05, 0) is 36.8 Å². The van der Waals surface area contributed by atoms with Crippen LogP contribution in [0, 0.1) is 0 Å². The lowest BCUT2D eigenvalue weighted by molar-refractivity contribution is -0.154. The van der Waals surface area contributed by atoms with Gasteiger partial charge in [0.05, 0.1) is 7.11 Å². The van der Waals surface area contributed by atoms with Gasteiger partial charge in [-0.1, -0.05) is 11.2 Å². The molecule has 0 aliphatic heterocycles. The highest BCUT2D eigenvalue weighted by Gasteiger charge is 2.29. The molecule has 0 atom stereocenters. The molecule has 0 aliphatic carbocycles. The van der Waals surface area contributed by atoms with Gasteiger partial charge in [0.15, 0.2) is 6.61 Å². The summed E-state index contributed by atoms with van der Waals surface area (Å²) >= 11 is 0. The predicted molar refractivity (Wildman–Crippen MR) is 107 cm³/mol. The first-order chi connectivity index (χ1) is 15.3. The number of ether oxygens (including phenoxy) is 2. The number of halogens is 3. The van der Waals surface area contributed by atoms with Crippen molar-refractivity contribution in [1.29, 1.82) is 0 Å². The van der Waals surface area contributed by atoms with Gasteiger partial charge in [0.25, 0.3) is 0 Å². The molecule has 0 saturated heterocycles. The highest BCUT2D eigenvalue weighted by Crippen LogP contribution is 2.21. The van der Waals surface area contributed by atoms with Crippen molar-refractivity contribution in [2.45, 2.75) is 32.0 Å². The lowest BCUT2D eigenvalue weighted by atomic mass is 10.2. The third-order valence-corrected chi connectivity index (χ3v) is 4.31. The molecule has 8 nitrogen and oxygen atoms in total. The van der Waals surface area contributed by atoms with Gasteiger partial charge in [-0.3, -0.25) is 4.79 Å². The summed E-state index contributed by atoms with van der Waals surface area (Å²) in [5.41, 5.74) is 1.13. The molecule has 32 heavy (non-hydrogen) atoms. The van der Waals surface area contributed by atoms with Crippen LogP contribution in [0.15, 0.2) is 47.1 Å². The van der Waals surface area contributed by atoms with E-state index < -0.39 is 12.8 Å². The van der Waals surface area contributed by atoms with Gasteiger partial charge in [-0.15, -0.1) is 0 Å². The Kier molecular flexibility index (Phi) is 7.63. The molecule has 0 radical (unpaired) electrons. The molecule has 1 amide bonds. The van der Waals surface area contributed by atoms with E-state index in [0.717, 1.165) is 5.56 Å². The normalized spacial score (nSPS) is 11.2. The van der Waals surface area contributed by atoms with Crippen molar-refractivity contribution in [2.75, 3.05) is 13.7 Å². The quantitative estimate of drug-likeness (QED) is 0.503. The monoisotopic (exact) mass is 450 g/mol. The average molecular weight is 450 g/mol. The largest absolute Gasteiger partial charge is 0.497 e. The number of pyridine rings is 1. The first kappa shape index (κ1) is 23.0. The molecule has 0 unspecified atom stereocenters. The van der Waals surface area contributed by atoms with Crippen molar-refractivity contribution in [1.82, 2.24) is 20.4 Å². The number of carbonyl (C=O) groups excluding carboxylic acids is 1. The Morgan fingerprint density at radius 2 is 1.97 bits per heavy atom.